The van der Waals surface area contributed by atoms with Crippen LogP contribution in [0, 0.1) is 12.0 Å². The highest BCUT2D eigenvalue weighted by Crippen LogP contribution is 2.33. The molecule has 0 saturated carbocycles. The zero-order valence-corrected chi connectivity index (χ0v) is 20.4. The summed E-state index contributed by atoms with van der Waals surface area (Å²) < 4.78 is 0. The van der Waals surface area contributed by atoms with Gasteiger partial charge in [0.1, 0.15) is 11.5 Å². The summed E-state index contributed by atoms with van der Waals surface area (Å²) in [6.45, 7) is 4.87. The number of carbonyl (C=O) groups excluding carboxylic acids is 1. The molecular weight excluding hydrogens is 458 g/mol. The maximum atomic E-state index is 13.3. The predicted octanol–water partition coefficient (Wildman–Crippen LogP) is 5.01. The van der Waals surface area contributed by atoms with E-state index in [2.05, 4.69) is 33.8 Å². The van der Waals surface area contributed by atoms with Gasteiger partial charge in [0, 0.05) is 48.9 Å². The molecule has 4 rings (SSSR count). The lowest BCUT2D eigenvalue weighted by Crippen LogP contribution is -2.31. The molecule has 1 saturated heterocycles. The summed E-state index contributed by atoms with van der Waals surface area (Å²) in [6, 6.07) is 18.1. The minimum Gasteiger partial charge on any atom is -0.366 e. The van der Waals surface area contributed by atoms with Crippen molar-refractivity contribution >= 4 is 40.2 Å². The molecule has 0 radical (unpaired) electrons. The number of nitrogens with two attached hydrogens (primary N) is 1. The maximum Gasteiger partial charge on any atom is 0.274 e. The highest BCUT2D eigenvalue weighted by Gasteiger charge is 2.27. The Balaban J connectivity index is 1.62. The SMILES string of the molecule is C=C/C(=C1/N=C(C(=O)Nc2ccccc2N2CCCC2CC#CN)C=CN1C)c1ccc(Cl)cc1. The van der Waals surface area contributed by atoms with Crippen molar-refractivity contribution in [2.24, 2.45) is 10.7 Å². The largest absolute Gasteiger partial charge is 0.366 e. The summed E-state index contributed by atoms with van der Waals surface area (Å²) in [6.07, 6.45) is 8.08. The Labute approximate surface area is 211 Å². The van der Waals surface area contributed by atoms with Gasteiger partial charge in [0.2, 0.25) is 0 Å². The van der Waals surface area contributed by atoms with E-state index in [4.69, 9.17) is 17.3 Å². The van der Waals surface area contributed by atoms with Crippen LogP contribution in [-0.2, 0) is 4.79 Å². The number of para-hydroxylation sites is 2. The Morgan fingerprint density at radius 2 is 2.06 bits per heavy atom. The van der Waals surface area contributed by atoms with Crippen LogP contribution < -0.4 is 16.0 Å². The topological polar surface area (TPSA) is 74.0 Å². The van der Waals surface area contributed by atoms with Gasteiger partial charge in [-0.1, -0.05) is 54.4 Å². The van der Waals surface area contributed by atoms with Gasteiger partial charge in [-0.15, -0.1) is 0 Å². The molecule has 35 heavy (non-hydrogen) atoms. The van der Waals surface area contributed by atoms with Crippen molar-refractivity contribution in [3.8, 4) is 12.0 Å². The quantitative estimate of drug-likeness (QED) is 0.445. The summed E-state index contributed by atoms with van der Waals surface area (Å²) in [4.78, 5) is 22.1. The van der Waals surface area contributed by atoms with Crippen LogP contribution in [0.1, 0.15) is 24.8 Å². The first kappa shape index (κ1) is 24.2. The zero-order chi connectivity index (χ0) is 24.8. The van der Waals surface area contributed by atoms with Crippen LogP contribution in [0.25, 0.3) is 5.57 Å². The first-order valence-electron chi connectivity index (χ1n) is 11.5. The van der Waals surface area contributed by atoms with Crippen molar-refractivity contribution in [3.05, 3.63) is 89.9 Å². The van der Waals surface area contributed by atoms with E-state index in [0.29, 0.717) is 23.0 Å². The molecule has 0 aromatic heterocycles. The predicted molar refractivity (Wildman–Crippen MR) is 145 cm³/mol. The Morgan fingerprint density at radius 3 is 2.80 bits per heavy atom. The fourth-order valence-corrected chi connectivity index (χ4v) is 4.51. The van der Waals surface area contributed by atoms with Crippen LogP contribution in [0.15, 0.2) is 84.3 Å². The second-order valence-electron chi connectivity index (χ2n) is 8.36. The van der Waals surface area contributed by atoms with Crippen LogP contribution >= 0.6 is 11.6 Å². The van der Waals surface area contributed by atoms with Crippen LogP contribution in [0.5, 0.6) is 0 Å². The Bertz CT molecular complexity index is 1270. The van der Waals surface area contributed by atoms with Crippen LogP contribution in [0.2, 0.25) is 5.02 Å². The van der Waals surface area contributed by atoms with Crippen molar-refractivity contribution in [3.63, 3.8) is 0 Å². The number of anilines is 2. The van der Waals surface area contributed by atoms with Gasteiger partial charge in [0.25, 0.3) is 5.91 Å². The third kappa shape index (κ3) is 5.42. The molecule has 0 spiro atoms. The number of benzene rings is 2. The van der Waals surface area contributed by atoms with Crippen molar-refractivity contribution < 1.29 is 4.79 Å². The van der Waals surface area contributed by atoms with Gasteiger partial charge >= 0.3 is 0 Å². The first-order valence-corrected chi connectivity index (χ1v) is 11.9. The summed E-state index contributed by atoms with van der Waals surface area (Å²) in [5.41, 5.74) is 9.14. The lowest BCUT2D eigenvalue weighted by molar-refractivity contribution is -0.110. The van der Waals surface area contributed by atoms with E-state index >= 15 is 0 Å². The summed E-state index contributed by atoms with van der Waals surface area (Å²) >= 11 is 6.05. The highest BCUT2D eigenvalue weighted by atomic mass is 35.5. The molecule has 7 heteroatoms. The van der Waals surface area contributed by atoms with Gasteiger partial charge in [-0.2, -0.15) is 0 Å². The van der Waals surface area contributed by atoms with Crippen LogP contribution in [0.4, 0.5) is 11.4 Å². The average Bonchev–Trinajstić information content (AvgIpc) is 3.34. The highest BCUT2D eigenvalue weighted by molar-refractivity contribution is 6.47. The van der Waals surface area contributed by atoms with E-state index in [9.17, 15) is 4.79 Å². The number of hydrogen-bond acceptors (Lipinski definition) is 5. The second-order valence-corrected chi connectivity index (χ2v) is 8.79. The van der Waals surface area contributed by atoms with E-state index in [1.807, 2.05) is 66.7 Å². The number of aliphatic imine (C=N–C) groups is 1. The fraction of sp³-hybridized carbons (Fsp3) is 0.214. The van der Waals surface area contributed by atoms with Crippen molar-refractivity contribution in [1.82, 2.24) is 4.90 Å². The normalized spacial score (nSPS) is 18.5. The number of nitrogens with zero attached hydrogens (tertiary/aromatic N) is 3. The van der Waals surface area contributed by atoms with Crippen LogP contribution in [-0.4, -0.2) is 36.2 Å². The molecule has 1 amide bonds. The lowest BCUT2D eigenvalue weighted by atomic mass is 10.1. The molecule has 6 nitrogen and oxygen atoms in total. The molecule has 2 aromatic rings. The van der Waals surface area contributed by atoms with Crippen molar-refractivity contribution in [2.75, 3.05) is 23.8 Å². The number of allylic oxidation sites excluding steroid dienone is 2. The van der Waals surface area contributed by atoms with Crippen LogP contribution in [0.3, 0.4) is 0 Å². The monoisotopic (exact) mass is 485 g/mol. The van der Waals surface area contributed by atoms with Crippen molar-refractivity contribution in [1.29, 1.82) is 0 Å². The van der Waals surface area contributed by atoms with E-state index in [1.165, 1.54) is 0 Å². The molecule has 3 N–H and O–H groups in total. The van der Waals surface area contributed by atoms with Crippen molar-refractivity contribution in [2.45, 2.75) is 25.3 Å². The van der Waals surface area contributed by atoms with Gasteiger partial charge < -0.3 is 20.9 Å². The van der Waals surface area contributed by atoms with Gasteiger partial charge in [0.05, 0.1) is 11.4 Å². The fourth-order valence-electron chi connectivity index (χ4n) is 4.39. The minimum absolute atomic E-state index is 0.272. The van der Waals surface area contributed by atoms with Gasteiger partial charge in [-0.3, -0.25) is 4.79 Å². The molecule has 178 valence electrons. The molecular formula is C28H28ClN5O. The van der Waals surface area contributed by atoms with E-state index in [-0.39, 0.29) is 11.9 Å². The third-order valence-corrected chi connectivity index (χ3v) is 6.38. The molecule has 2 aliphatic heterocycles. The van der Waals surface area contributed by atoms with Gasteiger partial charge in [-0.05, 0) is 48.7 Å². The molecule has 1 fully saturated rings. The summed E-state index contributed by atoms with van der Waals surface area (Å²) in [5.74, 6) is 3.34. The average molecular weight is 486 g/mol. The number of hydrogen-bond donors (Lipinski definition) is 2. The molecule has 0 aliphatic carbocycles. The molecule has 2 aliphatic rings. The Morgan fingerprint density at radius 1 is 1.29 bits per heavy atom. The molecule has 2 aromatic carbocycles. The lowest BCUT2D eigenvalue weighted by Gasteiger charge is -2.28. The van der Waals surface area contributed by atoms with Gasteiger partial charge in [0.15, 0.2) is 0 Å². The smallest absolute Gasteiger partial charge is 0.274 e. The van der Waals surface area contributed by atoms with E-state index in [0.717, 1.165) is 41.9 Å². The first-order chi connectivity index (χ1) is 17.0. The molecule has 2 heterocycles. The second kappa shape index (κ2) is 11.0. The Kier molecular flexibility index (Phi) is 7.59. The van der Waals surface area contributed by atoms with E-state index in [1.54, 1.807) is 12.2 Å². The molecule has 1 atom stereocenters. The summed E-state index contributed by atoms with van der Waals surface area (Å²) in [7, 11) is 1.89. The summed E-state index contributed by atoms with van der Waals surface area (Å²) in [5, 5.41) is 3.72. The minimum atomic E-state index is -0.281. The number of amides is 1. The third-order valence-electron chi connectivity index (χ3n) is 6.13. The standard InChI is InChI=1S/C28H28ClN5O/c1-3-23(20-12-14-21(29)15-13-20)27-31-25(16-19-33(27)2)28(35)32-24-10-4-5-11-26(24)34-18-7-9-22(34)8-6-17-30/h3-5,10-16,19,22H,1,7-9,18,30H2,2H3,(H,32,35)/b27-23+. The number of carbonyl (C=O) groups is 1. The van der Waals surface area contributed by atoms with E-state index < -0.39 is 0 Å². The number of halogens is 1. The molecule has 0 bridgehead atoms. The number of rotatable bonds is 6. The maximum absolute atomic E-state index is 13.3. The Hall–Kier alpha value is -3.95. The zero-order valence-electron chi connectivity index (χ0n) is 19.7. The van der Waals surface area contributed by atoms with Gasteiger partial charge in [-0.25, -0.2) is 4.99 Å². The molecule has 1 unspecified atom stereocenters. The number of nitrogens with one attached hydrogen (secondary N) is 1.